The largest absolute Gasteiger partial charge is 0.507 e. The van der Waals surface area contributed by atoms with Gasteiger partial charge in [0.2, 0.25) is 0 Å². The molecule has 0 fully saturated rings. The van der Waals surface area contributed by atoms with Crippen molar-refractivity contribution in [3.05, 3.63) is 81.9 Å². The van der Waals surface area contributed by atoms with Gasteiger partial charge in [-0.3, -0.25) is 9.98 Å². The molecule has 0 saturated carbocycles. The molecule has 0 aromatic heterocycles. The monoisotopic (exact) mass is 484 g/mol. The van der Waals surface area contributed by atoms with Gasteiger partial charge < -0.3 is 10.2 Å². The quantitative estimate of drug-likeness (QED) is 0.313. The summed E-state index contributed by atoms with van der Waals surface area (Å²) in [6.45, 7) is 16.9. The SMILES string of the molecule is CC(C)c1cc(C=Nc2ccc(N=Cc3cc(C(C)C)cc(C(C)C)c3O)cc2)c(O)c(C(C)C)c1. The van der Waals surface area contributed by atoms with Gasteiger partial charge in [-0.2, -0.15) is 0 Å². The molecular weight excluding hydrogens is 444 g/mol. The van der Waals surface area contributed by atoms with E-state index < -0.39 is 0 Å². The zero-order chi connectivity index (χ0) is 26.6. The van der Waals surface area contributed by atoms with Crippen molar-refractivity contribution in [1.82, 2.24) is 0 Å². The minimum absolute atomic E-state index is 0.227. The van der Waals surface area contributed by atoms with Gasteiger partial charge in [-0.05, 0) is 82.3 Å². The Kier molecular flexibility index (Phi) is 8.73. The smallest absolute Gasteiger partial charge is 0.127 e. The highest BCUT2D eigenvalue weighted by Crippen LogP contribution is 2.34. The second-order valence-corrected chi connectivity index (χ2v) is 10.7. The molecule has 0 unspecified atom stereocenters. The van der Waals surface area contributed by atoms with E-state index in [2.05, 4.69) is 77.5 Å². The number of nitrogens with zero attached hydrogens (tertiary/aromatic N) is 2. The fourth-order valence-electron chi connectivity index (χ4n) is 4.06. The van der Waals surface area contributed by atoms with Crippen molar-refractivity contribution in [2.24, 2.45) is 9.98 Å². The Morgan fingerprint density at radius 3 is 1.14 bits per heavy atom. The first-order valence-electron chi connectivity index (χ1n) is 12.9. The van der Waals surface area contributed by atoms with E-state index in [1.807, 2.05) is 36.4 Å². The van der Waals surface area contributed by atoms with Crippen molar-refractivity contribution in [2.45, 2.75) is 79.1 Å². The second kappa shape index (κ2) is 11.6. The molecule has 0 radical (unpaired) electrons. The summed E-state index contributed by atoms with van der Waals surface area (Å²) < 4.78 is 0. The van der Waals surface area contributed by atoms with Gasteiger partial charge in [0, 0.05) is 23.6 Å². The summed E-state index contributed by atoms with van der Waals surface area (Å²) in [6.07, 6.45) is 3.46. The Morgan fingerprint density at radius 1 is 0.528 bits per heavy atom. The van der Waals surface area contributed by atoms with E-state index >= 15 is 0 Å². The van der Waals surface area contributed by atoms with Gasteiger partial charge >= 0.3 is 0 Å². The van der Waals surface area contributed by atoms with E-state index in [1.165, 1.54) is 11.1 Å². The molecule has 36 heavy (non-hydrogen) atoms. The third-order valence-electron chi connectivity index (χ3n) is 6.51. The maximum Gasteiger partial charge on any atom is 0.127 e. The highest BCUT2D eigenvalue weighted by molar-refractivity contribution is 5.88. The Balaban J connectivity index is 1.85. The standard InChI is InChI=1S/C32H40N2O2/c1-19(2)23-13-25(31(35)29(15-23)21(5)6)17-33-27-9-11-28(12-10-27)34-18-26-14-24(20(3)4)16-30(22(7)8)32(26)36/h9-22,35-36H,1-8H3. The van der Waals surface area contributed by atoms with Crippen molar-refractivity contribution in [2.75, 3.05) is 0 Å². The van der Waals surface area contributed by atoms with Gasteiger partial charge in [0.1, 0.15) is 11.5 Å². The zero-order valence-corrected chi connectivity index (χ0v) is 22.9. The van der Waals surface area contributed by atoms with Crippen molar-refractivity contribution >= 4 is 23.8 Å². The van der Waals surface area contributed by atoms with Crippen LogP contribution in [0.5, 0.6) is 11.5 Å². The van der Waals surface area contributed by atoms with Crippen LogP contribution in [0.1, 0.15) is 112 Å². The van der Waals surface area contributed by atoms with Crippen molar-refractivity contribution in [3.8, 4) is 11.5 Å². The maximum absolute atomic E-state index is 10.8. The minimum atomic E-state index is 0.227. The normalized spacial score (nSPS) is 12.3. The highest BCUT2D eigenvalue weighted by atomic mass is 16.3. The number of aromatic hydroxyl groups is 2. The fourth-order valence-corrected chi connectivity index (χ4v) is 4.06. The molecule has 2 N–H and O–H groups in total. The molecule has 0 aliphatic heterocycles. The van der Waals surface area contributed by atoms with Crippen LogP contribution in [-0.2, 0) is 0 Å². The van der Waals surface area contributed by atoms with E-state index in [-0.39, 0.29) is 11.8 Å². The molecule has 0 bridgehead atoms. The Morgan fingerprint density at radius 2 is 0.861 bits per heavy atom. The summed E-state index contributed by atoms with van der Waals surface area (Å²) >= 11 is 0. The van der Waals surface area contributed by atoms with Crippen LogP contribution in [-0.4, -0.2) is 22.6 Å². The van der Waals surface area contributed by atoms with E-state index in [0.29, 0.717) is 23.3 Å². The van der Waals surface area contributed by atoms with Gasteiger partial charge in [-0.15, -0.1) is 0 Å². The molecule has 3 aromatic rings. The van der Waals surface area contributed by atoms with Crippen molar-refractivity contribution in [1.29, 1.82) is 0 Å². The summed E-state index contributed by atoms with van der Waals surface area (Å²) in [7, 11) is 0. The topological polar surface area (TPSA) is 65.2 Å². The van der Waals surface area contributed by atoms with Crippen molar-refractivity contribution < 1.29 is 10.2 Å². The van der Waals surface area contributed by atoms with Gasteiger partial charge in [0.05, 0.1) is 11.4 Å². The van der Waals surface area contributed by atoms with Gasteiger partial charge in [-0.1, -0.05) is 67.5 Å². The van der Waals surface area contributed by atoms with E-state index in [1.54, 1.807) is 12.4 Å². The number of benzene rings is 3. The Bertz CT molecular complexity index is 1150. The summed E-state index contributed by atoms with van der Waals surface area (Å²) in [5.41, 5.74) is 7.28. The number of rotatable bonds is 8. The van der Waals surface area contributed by atoms with E-state index in [0.717, 1.165) is 33.6 Å². The first-order chi connectivity index (χ1) is 17.0. The van der Waals surface area contributed by atoms with Crippen LogP contribution < -0.4 is 0 Å². The van der Waals surface area contributed by atoms with E-state index in [9.17, 15) is 10.2 Å². The Labute approximate surface area is 216 Å². The average molecular weight is 485 g/mol. The lowest BCUT2D eigenvalue weighted by atomic mass is 9.92. The van der Waals surface area contributed by atoms with Crippen LogP contribution in [0.3, 0.4) is 0 Å². The average Bonchev–Trinajstić information content (AvgIpc) is 2.82. The van der Waals surface area contributed by atoms with Crippen LogP contribution in [0.4, 0.5) is 11.4 Å². The molecule has 4 heteroatoms. The lowest BCUT2D eigenvalue weighted by molar-refractivity contribution is 0.463. The summed E-state index contributed by atoms with van der Waals surface area (Å²) in [5.74, 6) is 1.78. The molecule has 0 atom stereocenters. The van der Waals surface area contributed by atoms with E-state index in [4.69, 9.17) is 0 Å². The molecule has 190 valence electrons. The summed E-state index contributed by atoms with van der Waals surface area (Å²) in [4.78, 5) is 9.19. The number of phenolic OH excluding ortho intramolecular Hbond substituents is 2. The zero-order valence-electron chi connectivity index (χ0n) is 22.9. The molecule has 0 heterocycles. The van der Waals surface area contributed by atoms with Crippen LogP contribution in [0.2, 0.25) is 0 Å². The lowest BCUT2D eigenvalue weighted by Gasteiger charge is -2.15. The first-order valence-corrected chi connectivity index (χ1v) is 12.9. The summed E-state index contributed by atoms with van der Waals surface area (Å²) in [6, 6.07) is 15.8. The third-order valence-corrected chi connectivity index (χ3v) is 6.51. The molecule has 3 aromatic carbocycles. The predicted octanol–water partition coefficient (Wildman–Crippen LogP) is 9.09. The Hall–Kier alpha value is -3.40. The molecule has 0 amide bonds. The van der Waals surface area contributed by atoms with Crippen LogP contribution in [0.15, 0.2) is 58.5 Å². The highest BCUT2D eigenvalue weighted by Gasteiger charge is 2.14. The molecular formula is C32H40N2O2. The van der Waals surface area contributed by atoms with Crippen molar-refractivity contribution in [3.63, 3.8) is 0 Å². The van der Waals surface area contributed by atoms with Crippen LogP contribution >= 0.6 is 0 Å². The maximum atomic E-state index is 10.8. The summed E-state index contributed by atoms with van der Waals surface area (Å²) in [5, 5.41) is 21.5. The predicted molar refractivity (Wildman–Crippen MR) is 154 cm³/mol. The number of aliphatic imine (C=N–C) groups is 2. The molecule has 0 spiro atoms. The number of hydrogen-bond acceptors (Lipinski definition) is 4. The number of hydrogen-bond donors (Lipinski definition) is 2. The molecule has 0 aliphatic rings. The second-order valence-electron chi connectivity index (χ2n) is 10.7. The third kappa shape index (κ3) is 6.42. The molecule has 4 nitrogen and oxygen atoms in total. The van der Waals surface area contributed by atoms with Gasteiger partial charge in [-0.25, -0.2) is 0 Å². The molecule has 0 aliphatic carbocycles. The van der Waals surface area contributed by atoms with Crippen LogP contribution in [0.25, 0.3) is 0 Å². The molecule has 3 rings (SSSR count). The minimum Gasteiger partial charge on any atom is -0.507 e. The molecule has 0 saturated heterocycles. The first kappa shape index (κ1) is 27.2. The van der Waals surface area contributed by atoms with Crippen LogP contribution in [0, 0.1) is 0 Å². The lowest BCUT2D eigenvalue weighted by Crippen LogP contribution is -1.98. The number of phenols is 2. The fraction of sp³-hybridized carbons (Fsp3) is 0.375. The van der Waals surface area contributed by atoms with Gasteiger partial charge in [0.15, 0.2) is 0 Å². The van der Waals surface area contributed by atoms with Gasteiger partial charge in [0.25, 0.3) is 0 Å².